The minimum Gasteiger partial charge on any atom is -0.293 e. The molecule has 0 aliphatic carbocycles. The van der Waals surface area contributed by atoms with Crippen molar-refractivity contribution in [1.29, 1.82) is 5.26 Å². The molecular weight excluding hydrogens is 324 g/mol. The number of para-hydroxylation sites is 1. The van der Waals surface area contributed by atoms with E-state index in [4.69, 9.17) is 0 Å². The maximum atomic E-state index is 12.5. The van der Waals surface area contributed by atoms with Gasteiger partial charge >= 0.3 is 0 Å². The van der Waals surface area contributed by atoms with Gasteiger partial charge in [0.15, 0.2) is 11.7 Å². The molecule has 0 fully saturated rings. The van der Waals surface area contributed by atoms with Crippen LogP contribution in [0.3, 0.4) is 0 Å². The number of aryl methyl sites for hydroxylation is 1. The molecular formula is C21H18N4O. The van der Waals surface area contributed by atoms with Crippen molar-refractivity contribution in [2.45, 2.75) is 19.8 Å². The van der Waals surface area contributed by atoms with Crippen LogP contribution in [0.5, 0.6) is 0 Å². The highest BCUT2D eigenvalue weighted by Crippen LogP contribution is 2.20. The highest BCUT2D eigenvalue weighted by Gasteiger charge is 2.19. The lowest BCUT2D eigenvalue weighted by Crippen LogP contribution is -2.09. The zero-order valence-corrected chi connectivity index (χ0v) is 14.6. The number of pyridine rings is 1. The van der Waals surface area contributed by atoms with E-state index in [-0.39, 0.29) is 5.78 Å². The summed E-state index contributed by atoms with van der Waals surface area (Å²) < 4.78 is 1.85. The Labute approximate surface area is 152 Å². The highest BCUT2D eigenvalue weighted by molar-refractivity contribution is 6.00. The summed E-state index contributed by atoms with van der Waals surface area (Å²) in [5.41, 5.74) is 4.05. The predicted molar refractivity (Wildman–Crippen MR) is 99.7 cm³/mol. The maximum absolute atomic E-state index is 12.5. The van der Waals surface area contributed by atoms with Crippen LogP contribution in [0, 0.1) is 25.2 Å². The van der Waals surface area contributed by atoms with Gasteiger partial charge in [0.25, 0.3) is 0 Å². The molecule has 1 unspecified atom stereocenters. The van der Waals surface area contributed by atoms with Crippen LogP contribution in [0.15, 0.2) is 60.8 Å². The Morgan fingerprint density at radius 2 is 1.88 bits per heavy atom. The van der Waals surface area contributed by atoms with E-state index in [1.165, 1.54) is 6.08 Å². The van der Waals surface area contributed by atoms with Gasteiger partial charge in [-0.1, -0.05) is 24.3 Å². The Bertz CT molecular complexity index is 982. The molecule has 0 bridgehead atoms. The van der Waals surface area contributed by atoms with E-state index in [1.54, 1.807) is 30.5 Å². The number of hydrogen-bond donors (Lipinski definition) is 0. The maximum Gasteiger partial charge on any atom is 0.178 e. The molecule has 3 aromatic rings. The Hall–Kier alpha value is -3.52. The summed E-state index contributed by atoms with van der Waals surface area (Å²) >= 11 is 0. The zero-order chi connectivity index (χ0) is 18.5. The van der Waals surface area contributed by atoms with Gasteiger partial charge in [0, 0.05) is 17.5 Å². The minimum atomic E-state index is -0.905. The van der Waals surface area contributed by atoms with E-state index in [0.29, 0.717) is 5.69 Å². The SMILES string of the molecule is Cc1nn(-c2ccccc2)c(C)c1/C=C/C(=O)C(C#N)c1ccccn1. The van der Waals surface area contributed by atoms with Crippen molar-refractivity contribution < 1.29 is 4.79 Å². The molecule has 128 valence electrons. The van der Waals surface area contributed by atoms with Crippen LogP contribution in [0.1, 0.15) is 28.6 Å². The van der Waals surface area contributed by atoms with Crippen molar-refractivity contribution in [2.24, 2.45) is 0 Å². The lowest BCUT2D eigenvalue weighted by atomic mass is 10.00. The number of rotatable bonds is 5. The van der Waals surface area contributed by atoms with Crippen LogP contribution in [0.25, 0.3) is 11.8 Å². The fourth-order valence-electron chi connectivity index (χ4n) is 2.80. The fraction of sp³-hybridized carbons (Fsp3) is 0.143. The molecule has 0 radical (unpaired) electrons. The van der Waals surface area contributed by atoms with E-state index in [1.807, 2.05) is 54.9 Å². The van der Waals surface area contributed by atoms with Crippen molar-refractivity contribution in [3.05, 3.63) is 83.4 Å². The molecule has 0 N–H and O–H groups in total. The van der Waals surface area contributed by atoms with Gasteiger partial charge in [-0.15, -0.1) is 0 Å². The number of ketones is 1. The van der Waals surface area contributed by atoms with Gasteiger partial charge in [-0.25, -0.2) is 4.68 Å². The molecule has 0 saturated carbocycles. The number of carbonyl (C=O) groups is 1. The molecule has 0 aliphatic heterocycles. The topological polar surface area (TPSA) is 71.6 Å². The van der Waals surface area contributed by atoms with Gasteiger partial charge < -0.3 is 0 Å². The first-order valence-electron chi connectivity index (χ1n) is 8.26. The molecule has 2 heterocycles. The molecule has 3 rings (SSSR count). The highest BCUT2D eigenvalue weighted by atomic mass is 16.1. The lowest BCUT2D eigenvalue weighted by Gasteiger charge is -2.04. The first-order valence-corrected chi connectivity index (χ1v) is 8.26. The van der Waals surface area contributed by atoms with Crippen LogP contribution in [0.2, 0.25) is 0 Å². The fourth-order valence-corrected chi connectivity index (χ4v) is 2.80. The number of nitrogens with zero attached hydrogens (tertiary/aromatic N) is 4. The Morgan fingerprint density at radius 1 is 1.15 bits per heavy atom. The van der Waals surface area contributed by atoms with Crippen LogP contribution in [0.4, 0.5) is 0 Å². The average Bonchev–Trinajstić information content (AvgIpc) is 2.96. The number of carbonyl (C=O) groups excluding carboxylic acids is 1. The number of aromatic nitrogens is 3. The normalized spacial score (nSPS) is 12.0. The van der Waals surface area contributed by atoms with Crippen molar-refractivity contribution in [1.82, 2.24) is 14.8 Å². The van der Waals surface area contributed by atoms with Gasteiger partial charge in [0.05, 0.1) is 23.1 Å². The average molecular weight is 342 g/mol. The third-order valence-corrected chi connectivity index (χ3v) is 4.16. The third-order valence-electron chi connectivity index (χ3n) is 4.16. The molecule has 5 heteroatoms. The molecule has 0 aliphatic rings. The third kappa shape index (κ3) is 3.45. The Balaban J connectivity index is 1.88. The van der Waals surface area contributed by atoms with Gasteiger partial charge in [-0.3, -0.25) is 9.78 Å². The number of hydrogen-bond acceptors (Lipinski definition) is 4. The summed E-state index contributed by atoms with van der Waals surface area (Å²) in [6.45, 7) is 3.86. The first kappa shape index (κ1) is 17.3. The van der Waals surface area contributed by atoms with Crippen LogP contribution < -0.4 is 0 Å². The summed E-state index contributed by atoms with van der Waals surface area (Å²) in [6, 6.07) is 17.0. The van der Waals surface area contributed by atoms with Gasteiger partial charge in [0.2, 0.25) is 0 Å². The summed E-state index contributed by atoms with van der Waals surface area (Å²) in [5.74, 6) is -1.20. The molecule has 1 atom stereocenters. The van der Waals surface area contributed by atoms with Crippen LogP contribution in [-0.2, 0) is 4.79 Å². The lowest BCUT2D eigenvalue weighted by molar-refractivity contribution is -0.114. The predicted octanol–water partition coefficient (Wildman–Crippen LogP) is 3.77. The second-order valence-electron chi connectivity index (χ2n) is 5.88. The Kier molecular flexibility index (Phi) is 5.04. The summed E-state index contributed by atoms with van der Waals surface area (Å²) in [4.78, 5) is 16.6. The molecule has 0 amide bonds. The second kappa shape index (κ2) is 7.58. The van der Waals surface area contributed by atoms with Crippen molar-refractivity contribution >= 4 is 11.9 Å². The van der Waals surface area contributed by atoms with Gasteiger partial charge in [-0.2, -0.15) is 10.4 Å². The van der Waals surface area contributed by atoms with Gasteiger partial charge in [-0.05, 0) is 50.3 Å². The number of benzene rings is 1. The first-order chi connectivity index (χ1) is 12.6. The molecule has 0 spiro atoms. The molecule has 0 saturated heterocycles. The number of allylic oxidation sites excluding steroid dienone is 1. The van der Waals surface area contributed by atoms with E-state index in [0.717, 1.165) is 22.6 Å². The van der Waals surface area contributed by atoms with E-state index in [9.17, 15) is 10.1 Å². The standard InChI is InChI=1S/C21H18N4O/c1-15-18(16(2)25(24-15)17-8-4-3-5-9-17)11-12-21(26)19(14-22)20-10-6-7-13-23-20/h3-13,19H,1-2H3/b12-11+. The van der Waals surface area contributed by atoms with Crippen molar-refractivity contribution in [3.63, 3.8) is 0 Å². The van der Waals surface area contributed by atoms with Crippen molar-refractivity contribution in [3.8, 4) is 11.8 Å². The monoisotopic (exact) mass is 342 g/mol. The minimum absolute atomic E-state index is 0.294. The van der Waals surface area contributed by atoms with Crippen LogP contribution in [-0.4, -0.2) is 20.5 Å². The number of nitriles is 1. The Morgan fingerprint density at radius 3 is 2.54 bits per heavy atom. The second-order valence-corrected chi connectivity index (χ2v) is 5.88. The van der Waals surface area contributed by atoms with Crippen LogP contribution >= 0.6 is 0 Å². The quantitative estimate of drug-likeness (QED) is 0.662. The van der Waals surface area contributed by atoms with E-state index < -0.39 is 5.92 Å². The van der Waals surface area contributed by atoms with Gasteiger partial charge in [0.1, 0.15) is 0 Å². The molecule has 5 nitrogen and oxygen atoms in total. The zero-order valence-electron chi connectivity index (χ0n) is 14.6. The molecule has 26 heavy (non-hydrogen) atoms. The largest absolute Gasteiger partial charge is 0.293 e. The summed E-state index contributed by atoms with van der Waals surface area (Å²) in [7, 11) is 0. The summed E-state index contributed by atoms with van der Waals surface area (Å²) in [5, 5.41) is 13.9. The molecule has 1 aromatic carbocycles. The molecule has 2 aromatic heterocycles. The van der Waals surface area contributed by atoms with E-state index >= 15 is 0 Å². The van der Waals surface area contributed by atoms with Crippen molar-refractivity contribution in [2.75, 3.05) is 0 Å². The summed E-state index contributed by atoms with van der Waals surface area (Å²) in [6.07, 6.45) is 4.75. The van der Waals surface area contributed by atoms with E-state index in [2.05, 4.69) is 10.1 Å². The smallest absolute Gasteiger partial charge is 0.178 e.